The second kappa shape index (κ2) is 4.40. The summed E-state index contributed by atoms with van der Waals surface area (Å²) in [5.74, 6) is -2.08. The molecular formula is C14H13F3. The molecule has 0 N–H and O–H groups in total. The summed E-state index contributed by atoms with van der Waals surface area (Å²) in [5.41, 5.74) is 1.59. The SMILES string of the molecule is CC1=C(F)C=C(c2ccc(C)c(F)c2F)CC1. The van der Waals surface area contributed by atoms with Gasteiger partial charge in [-0.25, -0.2) is 13.2 Å². The maximum atomic E-state index is 13.7. The summed E-state index contributed by atoms with van der Waals surface area (Å²) in [7, 11) is 0. The van der Waals surface area contributed by atoms with Gasteiger partial charge in [0.2, 0.25) is 0 Å². The van der Waals surface area contributed by atoms with Crippen molar-refractivity contribution in [1.82, 2.24) is 0 Å². The minimum Gasteiger partial charge on any atom is -0.207 e. The van der Waals surface area contributed by atoms with Crippen LogP contribution in [0.2, 0.25) is 0 Å². The Hall–Kier alpha value is -1.51. The van der Waals surface area contributed by atoms with Crippen molar-refractivity contribution in [3.05, 3.63) is 52.4 Å². The summed E-state index contributed by atoms with van der Waals surface area (Å²) < 4.78 is 40.5. The lowest BCUT2D eigenvalue weighted by Crippen LogP contribution is -2.00. The molecule has 0 fully saturated rings. The van der Waals surface area contributed by atoms with Crippen LogP contribution in [-0.2, 0) is 0 Å². The van der Waals surface area contributed by atoms with Crippen LogP contribution in [-0.4, -0.2) is 0 Å². The molecule has 0 bridgehead atoms. The first kappa shape index (κ1) is 12.0. The molecule has 0 saturated heterocycles. The highest BCUT2D eigenvalue weighted by atomic mass is 19.2. The Morgan fingerprint density at radius 1 is 0.941 bits per heavy atom. The summed E-state index contributed by atoms with van der Waals surface area (Å²) in [4.78, 5) is 0. The molecule has 0 radical (unpaired) electrons. The number of hydrogen-bond acceptors (Lipinski definition) is 0. The third kappa shape index (κ3) is 2.14. The number of aryl methyl sites for hydroxylation is 1. The highest BCUT2D eigenvalue weighted by Crippen LogP contribution is 2.33. The van der Waals surface area contributed by atoms with E-state index >= 15 is 0 Å². The van der Waals surface area contributed by atoms with E-state index in [-0.39, 0.29) is 17.0 Å². The van der Waals surface area contributed by atoms with E-state index in [1.54, 1.807) is 6.92 Å². The number of halogens is 3. The fourth-order valence-corrected chi connectivity index (χ4v) is 1.90. The third-order valence-corrected chi connectivity index (χ3v) is 3.10. The van der Waals surface area contributed by atoms with Crippen LogP contribution in [0.4, 0.5) is 13.2 Å². The van der Waals surface area contributed by atoms with Crippen molar-refractivity contribution < 1.29 is 13.2 Å². The van der Waals surface area contributed by atoms with Crippen LogP contribution in [0.25, 0.3) is 5.57 Å². The number of benzene rings is 1. The molecule has 0 saturated carbocycles. The smallest absolute Gasteiger partial charge is 0.166 e. The van der Waals surface area contributed by atoms with Gasteiger partial charge in [-0.05, 0) is 49.5 Å². The molecule has 0 heterocycles. The lowest BCUT2D eigenvalue weighted by Gasteiger charge is -2.15. The first-order chi connectivity index (χ1) is 8.00. The van der Waals surface area contributed by atoms with Crippen LogP contribution in [0.1, 0.15) is 30.9 Å². The average molecular weight is 238 g/mol. The van der Waals surface area contributed by atoms with E-state index in [0.29, 0.717) is 24.0 Å². The Labute approximate surface area is 98.5 Å². The van der Waals surface area contributed by atoms with E-state index in [9.17, 15) is 13.2 Å². The van der Waals surface area contributed by atoms with Crippen LogP contribution < -0.4 is 0 Å². The van der Waals surface area contributed by atoms with E-state index in [2.05, 4.69) is 0 Å². The molecule has 3 heteroatoms. The summed E-state index contributed by atoms with van der Waals surface area (Å²) in [6, 6.07) is 3.02. The second-order valence-electron chi connectivity index (χ2n) is 4.36. The molecule has 2 rings (SSSR count). The van der Waals surface area contributed by atoms with Crippen molar-refractivity contribution in [2.75, 3.05) is 0 Å². The van der Waals surface area contributed by atoms with Gasteiger partial charge in [0.25, 0.3) is 0 Å². The zero-order valence-electron chi connectivity index (χ0n) is 9.78. The molecular weight excluding hydrogens is 225 g/mol. The maximum absolute atomic E-state index is 13.7. The van der Waals surface area contributed by atoms with Crippen molar-refractivity contribution in [3.63, 3.8) is 0 Å². The molecule has 1 aliphatic carbocycles. The molecule has 0 aliphatic heterocycles. The van der Waals surface area contributed by atoms with Crippen molar-refractivity contribution >= 4 is 5.57 Å². The lowest BCUT2D eigenvalue weighted by atomic mass is 9.92. The van der Waals surface area contributed by atoms with Gasteiger partial charge in [-0.3, -0.25) is 0 Å². The van der Waals surface area contributed by atoms with Crippen LogP contribution in [0.15, 0.2) is 29.6 Å². The lowest BCUT2D eigenvalue weighted by molar-refractivity contribution is 0.500. The van der Waals surface area contributed by atoms with E-state index in [4.69, 9.17) is 0 Å². The topological polar surface area (TPSA) is 0 Å². The predicted octanol–water partition coefficient (Wildman–Crippen LogP) is 4.69. The van der Waals surface area contributed by atoms with Gasteiger partial charge in [-0.2, -0.15) is 0 Å². The molecule has 1 aliphatic rings. The molecule has 0 spiro atoms. The fraction of sp³-hybridized carbons (Fsp3) is 0.286. The Balaban J connectivity index is 2.50. The van der Waals surface area contributed by atoms with Gasteiger partial charge in [-0.15, -0.1) is 0 Å². The maximum Gasteiger partial charge on any atom is 0.166 e. The third-order valence-electron chi connectivity index (χ3n) is 3.10. The van der Waals surface area contributed by atoms with Crippen molar-refractivity contribution in [2.45, 2.75) is 26.7 Å². The van der Waals surface area contributed by atoms with Gasteiger partial charge in [-0.1, -0.05) is 12.1 Å². The van der Waals surface area contributed by atoms with Gasteiger partial charge in [0.15, 0.2) is 11.6 Å². The quantitative estimate of drug-likeness (QED) is 0.665. The van der Waals surface area contributed by atoms with E-state index in [1.807, 2.05) is 0 Å². The van der Waals surface area contributed by atoms with Crippen LogP contribution in [0.3, 0.4) is 0 Å². The van der Waals surface area contributed by atoms with Crippen LogP contribution >= 0.6 is 0 Å². The van der Waals surface area contributed by atoms with Gasteiger partial charge in [0, 0.05) is 5.56 Å². The number of allylic oxidation sites excluding steroid dienone is 4. The van der Waals surface area contributed by atoms with Crippen molar-refractivity contribution in [1.29, 1.82) is 0 Å². The standard InChI is InChI=1S/C14H13F3/c1-8-3-5-10(7-12(8)15)11-6-4-9(2)13(16)14(11)17/h4,6-7H,3,5H2,1-2H3. The second-order valence-corrected chi connectivity index (χ2v) is 4.36. The van der Waals surface area contributed by atoms with Gasteiger partial charge in [0.1, 0.15) is 5.83 Å². The number of hydrogen-bond donors (Lipinski definition) is 0. The molecule has 0 atom stereocenters. The Morgan fingerprint density at radius 2 is 1.65 bits per heavy atom. The molecule has 1 aromatic carbocycles. The summed E-state index contributed by atoms with van der Waals surface area (Å²) in [6.45, 7) is 3.21. The first-order valence-electron chi connectivity index (χ1n) is 5.51. The number of rotatable bonds is 1. The van der Waals surface area contributed by atoms with E-state index in [0.717, 1.165) is 0 Å². The average Bonchev–Trinajstić information content (AvgIpc) is 2.30. The van der Waals surface area contributed by atoms with Crippen molar-refractivity contribution in [3.8, 4) is 0 Å². The summed E-state index contributed by atoms with van der Waals surface area (Å²) >= 11 is 0. The molecule has 17 heavy (non-hydrogen) atoms. The van der Waals surface area contributed by atoms with Gasteiger partial charge in [0.05, 0.1) is 0 Å². The van der Waals surface area contributed by atoms with Gasteiger partial charge < -0.3 is 0 Å². The minimum atomic E-state index is -0.886. The highest BCUT2D eigenvalue weighted by Gasteiger charge is 2.17. The monoisotopic (exact) mass is 238 g/mol. The molecule has 0 nitrogen and oxygen atoms in total. The van der Waals surface area contributed by atoms with E-state index in [1.165, 1.54) is 25.1 Å². The largest absolute Gasteiger partial charge is 0.207 e. The Morgan fingerprint density at radius 3 is 2.29 bits per heavy atom. The zero-order chi connectivity index (χ0) is 12.6. The Kier molecular flexibility index (Phi) is 3.09. The molecule has 1 aromatic rings. The predicted molar refractivity (Wildman–Crippen MR) is 62.1 cm³/mol. The van der Waals surface area contributed by atoms with E-state index < -0.39 is 11.6 Å². The molecule has 90 valence electrons. The zero-order valence-corrected chi connectivity index (χ0v) is 9.78. The Bertz CT molecular complexity index is 525. The molecule has 0 aromatic heterocycles. The normalized spacial score (nSPS) is 16.2. The highest BCUT2D eigenvalue weighted by molar-refractivity contribution is 5.70. The fourth-order valence-electron chi connectivity index (χ4n) is 1.90. The minimum absolute atomic E-state index is 0.163. The molecule has 0 unspecified atom stereocenters. The van der Waals surface area contributed by atoms with Crippen LogP contribution in [0, 0.1) is 18.6 Å². The van der Waals surface area contributed by atoms with Gasteiger partial charge >= 0.3 is 0 Å². The summed E-state index contributed by atoms with van der Waals surface area (Å²) in [5, 5.41) is 0. The first-order valence-corrected chi connectivity index (χ1v) is 5.51. The molecule has 0 amide bonds. The summed E-state index contributed by atoms with van der Waals surface area (Å²) in [6.07, 6.45) is 2.39. The van der Waals surface area contributed by atoms with Crippen LogP contribution in [0.5, 0.6) is 0 Å². The van der Waals surface area contributed by atoms with Crippen molar-refractivity contribution in [2.24, 2.45) is 0 Å².